The van der Waals surface area contributed by atoms with Crippen molar-refractivity contribution < 1.29 is 74.4 Å². The number of ether oxygens (including phenoxy) is 5. The molecule has 3 aliphatic rings. The number of Topliss-reactive ketones (excluding diaryl/α,β-unsaturated/α-hetero) is 1. The van der Waals surface area contributed by atoms with Crippen LogP contribution in [0.1, 0.15) is 35.4 Å². The van der Waals surface area contributed by atoms with Crippen molar-refractivity contribution in [2.75, 3.05) is 6.61 Å². The zero-order chi connectivity index (χ0) is 30.5. The number of ketones is 1. The van der Waals surface area contributed by atoms with Gasteiger partial charge in [0.1, 0.15) is 65.5 Å². The maximum Gasteiger partial charge on any atom is 0.229 e. The third kappa shape index (κ3) is 5.58. The van der Waals surface area contributed by atoms with Crippen molar-refractivity contribution in [3.63, 3.8) is 0 Å². The second-order valence-corrected chi connectivity index (χ2v) is 10.4. The van der Waals surface area contributed by atoms with E-state index in [0.29, 0.717) is 5.56 Å². The van der Waals surface area contributed by atoms with E-state index in [1.54, 1.807) is 0 Å². The molecule has 3 aliphatic heterocycles. The first kappa shape index (κ1) is 30.2. The molecule has 0 amide bonds. The zero-order valence-electron chi connectivity index (χ0n) is 22.1. The number of carbonyl (C=O) groups is 1. The molecule has 3 heterocycles. The highest BCUT2D eigenvalue weighted by atomic mass is 16.8. The van der Waals surface area contributed by atoms with Crippen LogP contribution in [0.2, 0.25) is 0 Å². The van der Waals surface area contributed by atoms with E-state index in [1.165, 1.54) is 31.2 Å². The molecule has 230 valence electrons. The van der Waals surface area contributed by atoms with Gasteiger partial charge in [-0.2, -0.15) is 0 Å². The molecule has 0 aromatic heterocycles. The van der Waals surface area contributed by atoms with Crippen molar-refractivity contribution in [1.29, 1.82) is 0 Å². The minimum Gasteiger partial charge on any atom is -0.507 e. The van der Waals surface area contributed by atoms with Crippen molar-refractivity contribution in [2.45, 2.75) is 80.9 Å². The van der Waals surface area contributed by atoms with Crippen LogP contribution in [0.5, 0.6) is 28.7 Å². The number of rotatable bonds is 6. The Kier molecular flexibility index (Phi) is 8.48. The summed E-state index contributed by atoms with van der Waals surface area (Å²) in [4.78, 5) is 12.9. The topological polar surface area (TPSA) is 245 Å². The maximum atomic E-state index is 12.9. The zero-order valence-corrected chi connectivity index (χ0v) is 22.1. The quantitative estimate of drug-likeness (QED) is 0.173. The molecule has 15 nitrogen and oxygen atoms in total. The van der Waals surface area contributed by atoms with Gasteiger partial charge in [-0.05, 0) is 24.6 Å². The van der Waals surface area contributed by atoms with Crippen molar-refractivity contribution in [3.05, 3.63) is 41.5 Å². The van der Waals surface area contributed by atoms with E-state index in [-0.39, 0.29) is 29.2 Å². The molecule has 2 fully saturated rings. The number of fused-ring (bicyclic) bond motifs is 1. The van der Waals surface area contributed by atoms with Crippen LogP contribution in [0.15, 0.2) is 30.3 Å². The Morgan fingerprint density at radius 3 is 2.26 bits per heavy atom. The van der Waals surface area contributed by atoms with Gasteiger partial charge in [0.15, 0.2) is 29.7 Å². The van der Waals surface area contributed by atoms with Crippen molar-refractivity contribution >= 4 is 5.78 Å². The SMILES string of the molecule is C[C@H]1O[C@@H](O[C@H]2[C@H](Oc3cc(O)c4c(c3)O[C@@H](c3ccc(O)c(O)c3)CC4=O)O[C@@H](CO)[C@@H](O)[C@H]2O)[C@H](O)[C@H](O)[C@@H]1O. The highest BCUT2D eigenvalue weighted by molar-refractivity contribution is 6.02. The van der Waals surface area contributed by atoms with Gasteiger partial charge in [-0.3, -0.25) is 4.79 Å². The number of phenolic OH excluding ortho intramolecular Hbond substituents is 3. The predicted octanol–water partition coefficient (Wildman–Crippen LogP) is -1.46. The van der Waals surface area contributed by atoms with Gasteiger partial charge in [0, 0.05) is 12.1 Å². The molecule has 0 unspecified atom stereocenters. The van der Waals surface area contributed by atoms with Crippen LogP contribution >= 0.6 is 0 Å². The molecule has 15 heteroatoms. The first-order valence-electron chi connectivity index (χ1n) is 13.1. The molecule has 0 aliphatic carbocycles. The summed E-state index contributed by atoms with van der Waals surface area (Å²) in [5.41, 5.74) is 0.234. The average Bonchev–Trinajstić information content (AvgIpc) is 2.95. The lowest BCUT2D eigenvalue weighted by molar-refractivity contribution is -0.354. The van der Waals surface area contributed by atoms with E-state index < -0.39 is 91.4 Å². The number of aromatic hydroxyl groups is 3. The largest absolute Gasteiger partial charge is 0.507 e. The van der Waals surface area contributed by atoms with Crippen molar-refractivity contribution in [3.8, 4) is 28.7 Å². The predicted molar refractivity (Wildman–Crippen MR) is 136 cm³/mol. The van der Waals surface area contributed by atoms with Crippen LogP contribution in [0, 0.1) is 0 Å². The van der Waals surface area contributed by atoms with E-state index in [2.05, 4.69) is 0 Å². The van der Waals surface area contributed by atoms with Crippen molar-refractivity contribution in [2.24, 2.45) is 0 Å². The Labute approximate surface area is 238 Å². The highest BCUT2D eigenvalue weighted by Crippen LogP contribution is 2.43. The molecular weight excluding hydrogens is 564 g/mol. The molecule has 42 heavy (non-hydrogen) atoms. The monoisotopic (exact) mass is 596 g/mol. The lowest BCUT2D eigenvalue weighted by Gasteiger charge is -2.45. The van der Waals surface area contributed by atoms with Crippen LogP contribution in [-0.4, -0.2) is 120 Å². The summed E-state index contributed by atoms with van der Waals surface area (Å²) in [7, 11) is 0. The first-order chi connectivity index (χ1) is 19.9. The van der Waals surface area contributed by atoms with Gasteiger partial charge in [0.2, 0.25) is 6.29 Å². The Bertz CT molecular complexity index is 1300. The molecule has 2 aromatic rings. The third-order valence-electron chi connectivity index (χ3n) is 7.52. The van der Waals surface area contributed by atoms with E-state index in [1.807, 2.05) is 0 Å². The van der Waals surface area contributed by atoms with Gasteiger partial charge in [0.05, 0.1) is 19.1 Å². The minimum absolute atomic E-state index is 0.0941. The number of aliphatic hydroxyl groups excluding tert-OH is 6. The lowest BCUT2D eigenvalue weighted by Crippen LogP contribution is -2.64. The Morgan fingerprint density at radius 2 is 1.57 bits per heavy atom. The Hall–Kier alpha value is -3.25. The maximum absolute atomic E-state index is 12.9. The first-order valence-corrected chi connectivity index (χ1v) is 13.1. The van der Waals surface area contributed by atoms with Gasteiger partial charge in [-0.1, -0.05) is 6.07 Å². The summed E-state index contributed by atoms with van der Waals surface area (Å²) in [6.45, 7) is 0.683. The second-order valence-electron chi connectivity index (χ2n) is 10.4. The van der Waals surface area contributed by atoms with Crippen LogP contribution in [0.25, 0.3) is 0 Å². The molecule has 0 spiro atoms. The molecule has 5 rings (SSSR count). The molecule has 0 saturated carbocycles. The molecule has 2 saturated heterocycles. The fraction of sp³-hybridized carbons (Fsp3) is 0.519. The normalized spacial score (nSPS) is 36.6. The molecule has 2 aromatic carbocycles. The molecular formula is C27H32O15. The van der Waals surface area contributed by atoms with Crippen molar-refractivity contribution in [1.82, 2.24) is 0 Å². The van der Waals surface area contributed by atoms with E-state index >= 15 is 0 Å². The summed E-state index contributed by atoms with van der Waals surface area (Å²) in [6.07, 6.45) is -16.5. The van der Waals surface area contributed by atoms with Gasteiger partial charge < -0.3 is 69.6 Å². The van der Waals surface area contributed by atoms with E-state index in [0.717, 1.165) is 6.07 Å². The number of hydrogen-bond acceptors (Lipinski definition) is 15. The number of phenols is 3. The lowest BCUT2D eigenvalue weighted by atomic mass is 9.95. The second kappa shape index (κ2) is 11.8. The van der Waals surface area contributed by atoms with Crippen LogP contribution < -0.4 is 9.47 Å². The fourth-order valence-electron chi connectivity index (χ4n) is 5.12. The van der Waals surface area contributed by atoms with Gasteiger partial charge in [-0.25, -0.2) is 0 Å². The van der Waals surface area contributed by atoms with Crippen LogP contribution in [0.4, 0.5) is 0 Å². The van der Waals surface area contributed by atoms with Gasteiger partial charge in [0.25, 0.3) is 0 Å². The summed E-state index contributed by atoms with van der Waals surface area (Å²) >= 11 is 0. The number of aliphatic hydroxyl groups is 6. The molecule has 0 bridgehead atoms. The molecule has 9 N–H and O–H groups in total. The van der Waals surface area contributed by atoms with Gasteiger partial charge >= 0.3 is 0 Å². The van der Waals surface area contributed by atoms with E-state index in [9.17, 15) is 50.8 Å². The summed E-state index contributed by atoms with van der Waals surface area (Å²) < 4.78 is 28.4. The highest BCUT2D eigenvalue weighted by Gasteiger charge is 2.51. The average molecular weight is 597 g/mol. The Balaban J connectivity index is 1.42. The standard InChI is InChI=1S/C27H32O15/c1-9-20(33)22(35)24(37)26(38-9)42-25-23(36)21(34)18(8-28)41-27(25)39-11-5-14(31)19-15(32)7-16(40-17(19)6-11)10-2-3-12(29)13(30)4-10/h2-6,9,16,18,20-31,33-37H,7-8H2,1H3/t9-,16-,18+,20-,21-,22-,23-,24-,25-,26+,27-/m1/s1. The fourth-order valence-corrected chi connectivity index (χ4v) is 5.12. The summed E-state index contributed by atoms with van der Waals surface area (Å²) in [5.74, 6) is -2.02. The minimum atomic E-state index is -1.77. The third-order valence-corrected chi connectivity index (χ3v) is 7.52. The summed E-state index contributed by atoms with van der Waals surface area (Å²) in [6, 6.07) is 6.25. The molecule has 0 radical (unpaired) electrons. The van der Waals surface area contributed by atoms with E-state index in [4.69, 9.17) is 23.7 Å². The Morgan fingerprint density at radius 1 is 0.833 bits per heavy atom. The van der Waals surface area contributed by atoms with Crippen LogP contribution in [0.3, 0.4) is 0 Å². The summed E-state index contributed by atoms with van der Waals surface area (Å²) in [5, 5.41) is 91.6. The number of hydrogen-bond donors (Lipinski definition) is 9. The van der Waals surface area contributed by atoms with Gasteiger partial charge in [-0.15, -0.1) is 0 Å². The van der Waals surface area contributed by atoms with Crippen LogP contribution in [-0.2, 0) is 14.2 Å². The molecule has 11 atom stereocenters. The number of benzene rings is 2. The smallest absolute Gasteiger partial charge is 0.229 e. The number of carbonyl (C=O) groups excluding carboxylic acids is 1.